The smallest absolute Gasteiger partial charge is 0.344 e. The Bertz CT molecular complexity index is 1090. The van der Waals surface area contributed by atoms with E-state index in [2.05, 4.69) is 15.5 Å². The highest BCUT2D eigenvalue weighted by Gasteiger charge is 2.52. The third-order valence-electron chi connectivity index (χ3n) is 5.53. The predicted molar refractivity (Wildman–Crippen MR) is 108 cm³/mol. The maximum atomic E-state index is 12.7. The summed E-state index contributed by atoms with van der Waals surface area (Å²) in [5, 5.41) is 3.42. The Morgan fingerprint density at radius 1 is 1.10 bits per heavy atom. The number of benzene rings is 1. The van der Waals surface area contributed by atoms with Crippen LogP contribution in [0, 0.1) is 0 Å². The molecule has 4 rings (SSSR count). The summed E-state index contributed by atoms with van der Waals surface area (Å²) in [4.78, 5) is 37.5. The molecule has 1 aromatic carbocycles. The topological polar surface area (TPSA) is 138 Å². The summed E-state index contributed by atoms with van der Waals surface area (Å²) in [6.45, 7) is -0.00843. The lowest BCUT2D eigenvalue weighted by Crippen LogP contribution is -2.50. The molecule has 0 bridgehead atoms. The van der Waals surface area contributed by atoms with Crippen LogP contribution in [0.4, 0.5) is 4.79 Å². The molecule has 11 heteroatoms. The Morgan fingerprint density at radius 3 is 2.45 bits per heavy atom. The number of nitrogens with zero attached hydrogens (tertiary/aromatic N) is 1. The fourth-order valence-corrected chi connectivity index (χ4v) is 4.82. The van der Waals surface area contributed by atoms with Crippen LogP contribution >= 0.6 is 0 Å². The maximum Gasteiger partial charge on any atom is 0.344 e. The van der Waals surface area contributed by atoms with Crippen LogP contribution in [-0.4, -0.2) is 36.8 Å². The number of carbonyl (C=O) groups is 3. The molecule has 10 nitrogen and oxygen atoms in total. The van der Waals surface area contributed by atoms with E-state index in [0.29, 0.717) is 23.6 Å². The van der Waals surface area contributed by atoms with Gasteiger partial charge in [-0.1, -0.05) is 19.3 Å². The van der Waals surface area contributed by atoms with Gasteiger partial charge in [0.15, 0.2) is 0 Å². The number of hydrazine groups is 1. The number of urea groups is 1. The summed E-state index contributed by atoms with van der Waals surface area (Å²) in [7, 11) is -3.81. The lowest BCUT2D eigenvalue weighted by molar-refractivity contribution is -0.134. The molecule has 4 amide bonds. The van der Waals surface area contributed by atoms with E-state index in [4.69, 9.17) is 4.42 Å². The Kier molecular flexibility index (Phi) is 5.54. The van der Waals surface area contributed by atoms with Gasteiger partial charge >= 0.3 is 6.03 Å². The molecule has 1 aromatic heterocycles. The third-order valence-corrected chi connectivity index (χ3v) is 6.94. The first-order valence-corrected chi connectivity index (χ1v) is 11.4. The molecule has 1 saturated carbocycles. The normalized spacial score (nSPS) is 18.3. The number of furan rings is 1. The number of rotatable bonds is 6. The fourth-order valence-electron chi connectivity index (χ4n) is 3.83. The van der Waals surface area contributed by atoms with Crippen molar-refractivity contribution in [1.82, 2.24) is 20.5 Å². The van der Waals surface area contributed by atoms with E-state index in [1.54, 1.807) is 12.1 Å². The molecule has 2 fully saturated rings. The maximum absolute atomic E-state index is 12.7. The fraction of sp³-hybridized carbons (Fsp3) is 0.350. The number of sulfonamides is 1. The van der Waals surface area contributed by atoms with Crippen LogP contribution in [0.5, 0.6) is 0 Å². The molecule has 1 spiro atoms. The van der Waals surface area contributed by atoms with Crippen molar-refractivity contribution in [3.63, 3.8) is 0 Å². The van der Waals surface area contributed by atoms with Gasteiger partial charge in [-0.2, -0.15) is 5.01 Å². The summed E-state index contributed by atoms with van der Waals surface area (Å²) < 4.78 is 32.3. The second-order valence-electron chi connectivity index (χ2n) is 7.58. The SMILES string of the molecule is O=C(NN1C(=O)NC2(CCCCC2)C1=O)c1ccc(S(=O)(=O)NCc2ccco2)cc1. The zero-order valence-electron chi connectivity index (χ0n) is 16.6. The van der Waals surface area contributed by atoms with Crippen LogP contribution in [0.2, 0.25) is 0 Å². The van der Waals surface area contributed by atoms with E-state index >= 15 is 0 Å². The molecule has 3 N–H and O–H groups in total. The third kappa shape index (κ3) is 4.19. The molecule has 0 unspecified atom stereocenters. The van der Waals surface area contributed by atoms with Gasteiger partial charge in [0.2, 0.25) is 10.0 Å². The standard InChI is InChI=1S/C20H22N4O6S/c25-17(23-24-18(26)20(22-19(24)27)10-2-1-3-11-20)14-6-8-16(9-7-14)31(28,29)21-13-15-5-4-12-30-15/h4-9,12,21H,1-3,10-11,13H2,(H,22,27)(H,23,25). The molecule has 0 radical (unpaired) electrons. The second-order valence-corrected chi connectivity index (χ2v) is 9.35. The van der Waals surface area contributed by atoms with Crippen molar-refractivity contribution in [1.29, 1.82) is 0 Å². The molecule has 2 heterocycles. The van der Waals surface area contributed by atoms with Crippen molar-refractivity contribution >= 4 is 27.9 Å². The zero-order valence-corrected chi connectivity index (χ0v) is 17.4. The summed E-state index contributed by atoms with van der Waals surface area (Å²) in [5.74, 6) is -0.695. The predicted octanol–water partition coefficient (Wildman–Crippen LogP) is 1.66. The number of nitrogens with one attached hydrogen (secondary N) is 3. The van der Waals surface area contributed by atoms with Gasteiger partial charge in [-0.15, -0.1) is 0 Å². The lowest BCUT2D eigenvalue weighted by atomic mass is 9.82. The Labute approximate surface area is 179 Å². The van der Waals surface area contributed by atoms with Gasteiger partial charge < -0.3 is 9.73 Å². The average molecular weight is 446 g/mol. The van der Waals surface area contributed by atoms with Gasteiger partial charge in [-0.25, -0.2) is 17.9 Å². The molecule has 164 valence electrons. The average Bonchev–Trinajstić information content (AvgIpc) is 3.36. The van der Waals surface area contributed by atoms with Gasteiger partial charge in [-0.05, 0) is 49.2 Å². The summed E-state index contributed by atoms with van der Waals surface area (Å²) in [6, 6.07) is 7.79. The first-order chi connectivity index (χ1) is 14.8. The van der Waals surface area contributed by atoms with Crippen molar-refractivity contribution < 1.29 is 27.2 Å². The van der Waals surface area contributed by atoms with Crippen LogP contribution in [0.25, 0.3) is 0 Å². The molecule has 1 aliphatic heterocycles. The van der Waals surface area contributed by atoms with Crippen LogP contribution in [0.1, 0.15) is 48.2 Å². The van der Waals surface area contributed by atoms with Crippen molar-refractivity contribution in [2.45, 2.75) is 49.1 Å². The highest BCUT2D eigenvalue weighted by Crippen LogP contribution is 2.33. The van der Waals surface area contributed by atoms with Crippen LogP contribution in [-0.2, 0) is 21.4 Å². The van der Waals surface area contributed by atoms with Crippen molar-refractivity contribution in [3.05, 3.63) is 54.0 Å². The molecular weight excluding hydrogens is 424 g/mol. The Balaban J connectivity index is 1.41. The van der Waals surface area contributed by atoms with Crippen LogP contribution in [0.15, 0.2) is 52.0 Å². The zero-order chi connectivity index (χ0) is 22.1. The number of amides is 4. The van der Waals surface area contributed by atoms with E-state index < -0.39 is 33.4 Å². The highest BCUT2D eigenvalue weighted by atomic mass is 32.2. The van der Waals surface area contributed by atoms with Gasteiger partial charge in [0.25, 0.3) is 11.8 Å². The van der Waals surface area contributed by atoms with Crippen molar-refractivity contribution in [3.8, 4) is 0 Å². The summed E-state index contributed by atoms with van der Waals surface area (Å²) in [5.41, 5.74) is 1.49. The van der Waals surface area contributed by atoms with E-state index in [1.807, 2.05) is 0 Å². The lowest BCUT2D eigenvalue weighted by Gasteiger charge is -2.30. The Morgan fingerprint density at radius 2 is 1.81 bits per heavy atom. The first-order valence-electron chi connectivity index (χ1n) is 9.91. The van der Waals surface area contributed by atoms with E-state index in [1.165, 1.54) is 30.5 Å². The molecule has 2 aliphatic rings. The number of carbonyl (C=O) groups excluding carboxylic acids is 3. The van der Waals surface area contributed by atoms with Crippen LogP contribution < -0.4 is 15.5 Å². The number of hydrogen-bond donors (Lipinski definition) is 3. The van der Waals surface area contributed by atoms with E-state index in [0.717, 1.165) is 19.3 Å². The number of imide groups is 1. The van der Waals surface area contributed by atoms with Crippen molar-refractivity contribution in [2.75, 3.05) is 0 Å². The summed E-state index contributed by atoms with van der Waals surface area (Å²) in [6.07, 6.45) is 5.19. The Hall–Kier alpha value is -3.18. The minimum absolute atomic E-state index is 0.00843. The molecule has 1 aliphatic carbocycles. The molecule has 1 saturated heterocycles. The van der Waals surface area contributed by atoms with Gasteiger partial charge in [-0.3, -0.25) is 15.0 Å². The van der Waals surface area contributed by atoms with Crippen molar-refractivity contribution in [2.24, 2.45) is 0 Å². The molecular formula is C20H22N4O6S. The minimum Gasteiger partial charge on any atom is -0.468 e. The second kappa shape index (κ2) is 8.16. The largest absolute Gasteiger partial charge is 0.468 e. The van der Waals surface area contributed by atoms with Gasteiger partial charge in [0.1, 0.15) is 11.3 Å². The molecule has 2 aromatic rings. The summed E-state index contributed by atoms with van der Waals surface area (Å²) >= 11 is 0. The quantitative estimate of drug-likeness (QED) is 0.577. The first kappa shape index (κ1) is 21.1. The highest BCUT2D eigenvalue weighted by molar-refractivity contribution is 7.89. The number of hydrogen-bond acceptors (Lipinski definition) is 6. The van der Waals surface area contributed by atoms with E-state index in [-0.39, 0.29) is 17.0 Å². The van der Waals surface area contributed by atoms with Crippen LogP contribution in [0.3, 0.4) is 0 Å². The minimum atomic E-state index is -3.81. The van der Waals surface area contributed by atoms with Gasteiger partial charge in [0, 0.05) is 5.56 Å². The molecule has 0 atom stereocenters. The molecule has 31 heavy (non-hydrogen) atoms. The van der Waals surface area contributed by atoms with E-state index in [9.17, 15) is 22.8 Å². The van der Waals surface area contributed by atoms with Gasteiger partial charge in [0.05, 0.1) is 17.7 Å². The monoisotopic (exact) mass is 446 g/mol.